The highest BCUT2D eigenvalue weighted by atomic mass is 32.2. The van der Waals surface area contributed by atoms with E-state index in [2.05, 4.69) is 10.0 Å². The van der Waals surface area contributed by atoms with Crippen molar-refractivity contribution in [3.63, 3.8) is 0 Å². The van der Waals surface area contributed by atoms with Crippen LogP contribution in [0, 0.1) is 6.92 Å². The van der Waals surface area contributed by atoms with E-state index in [1.54, 1.807) is 13.0 Å². The molecule has 0 fully saturated rings. The summed E-state index contributed by atoms with van der Waals surface area (Å²) in [4.78, 5) is 0.189. The van der Waals surface area contributed by atoms with Crippen molar-refractivity contribution in [1.29, 1.82) is 0 Å². The lowest BCUT2D eigenvalue weighted by Crippen LogP contribution is -2.23. The molecule has 0 saturated carbocycles. The Hall–Kier alpha value is -2.05. The maximum Gasteiger partial charge on any atom is 0.240 e. The maximum absolute atomic E-state index is 12.0. The molecule has 0 aromatic heterocycles. The van der Waals surface area contributed by atoms with Crippen molar-refractivity contribution in [2.45, 2.75) is 18.7 Å². The van der Waals surface area contributed by atoms with Gasteiger partial charge in [0.15, 0.2) is 0 Å². The van der Waals surface area contributed by atoms with Crippen molar-refractivity contribution >= 4 is 27.1 Å². The summed E-state index contributed by atoms with van der Waals surface area (Å²) < 4.78 is 26.5. The second kappa shape index (κ2) is 6.15. The van der Waals surface area contributed by atoms with Crippen LogP contribution in [0.2, 0.25) is 0 Å². The molecule has 0 unspecified atom stereocenters. The number of benzene rings is 2. The van der Waals surface area contributed by atoms with Gasteiger partial charge < -0.3 is 11.1 Å². The molecule has 2 aromatic rings. The fourth-order valence-corrected chi connectivity index (χ4v) is 3.03. The summed E-state index contributed by atoms with van der Waals surface area (Å²) in [6.45, 7) is 4.06. The minimum absolute atomic E-state index is 0.189. The number of nitrogens with two attached hydrogens (primary N) is 1. The number of hydrogen-bond acceptors (Lipinski definition) is 4. The van der Waals surface area contributed by atoms with Crippen molar-refractivity contribution in [2.75, 3.05) is 17.6 Å². The molecule has 0 spiro atoms. The fraction of sp³-hybridized carbons (Fsp3) is 0.200. The third kappa shape index (κ3) is 3.74. The normalized spacial score (nSPS) is 11.3. The van der Waals surface area contributed by atoms with Crippen molar-refractivity contribution in [3.8, 4) is 0 Å². The molecule has 0 aliphatic rings. The molecule has 6 heteroatoms. The molecular formula is C15H19N3O2S. The topological polar surface area (TPSA) is 84.2 Å². The number of rotatable bonds is 5. The Balaban J connectivity index is 2.36. The summed E-state index contributed by atoms with van der Waals surface area (Å²) in [5, 5.41) is 3.15. The van der Waals surface area contributed by atoms with Gasteiger partial charge in [0.05, 0.1) is 16.3 Å². The van der Waals surface area contributed by atoms with Crippen LogP contribution in [0.5, 0.6) is 0 Å². The van der Waals surface area contributed by atoms with Crippen LogP contribution in [0.1, 0.15) is 12.5 Å². The van der Waals surface area contributed by atoms with Gasteiger partial charge in [0, 0.05) is 12.2 Å². The van der Waals surface area contributed by atoms with Gasteiger partial charge >= 0.3 is 0 Å². The van der Waals surface area contributed by atoms with E-state index in [9.17, 15) is 8.42 Å². The zero-order valence-electron chi connectivity index (χ0n) is 12.1. The third-order valence-corrected chi connectivity index (χ3v) is 4.51. The van der Waals surface area contributed by atoms with E-state index in [1.807, 2.05) is 31.2 Å². The summed E-state index contributed by atoms with van der Waals surface area (Å²) >= 11 is 0. The van der Waals surface area contributed by atoms with Crippen molar-refractivity contribution < 1.29 is 8.42 Å². The largest absolute Gasteiger partial charge is 0.397 e. The molecule has 0 atom stereocenters. The van der Waals surface area contributed by atoms with Gasteiger partial charge in [-0.25, -0.2) is 13.1 Å². The SMILES string of the molecule is CCNS(=O)(=O)c1ccc(N)c(Nc2cccc(C)c2)c1. The van der Waals surface area contributed by atoms with Crippen LogP contribution >= 0.6 is 0 Å². The number of nitrogen functional groups attached to an aromatic ring is 1. The molecule has 0 saturated heterocycles. The van der Waals surface area contributed by atoms with Gasteiger partial charge in [0.1, 0.15) is 0 Å². The van der Waals surface area contributed by atoms with Crippen LogP contribution in [0.4, 0.5) is 17.1 Å². The highest BCUT2D eigenvalue weighted by Gasteiger charge is 2.14. The Kier molecular flexibility index (Phi) is 4.50. The first kappa shape index (κ1) is 15.3. The minimum atomic E-state index is -3.50. The zero-order chi connectivity index (χ0) is 15.5. The number of hydrogen-bond donors (Lipinski definition) is 3. The van der Waals surface area contributed by atoms with Crippen LogP contribution in [-0.2, 0) is 10.0 Å². The van der Waals surface area contributed by atoms with Crippen molar-refractivity contribution in [2.24, 2.45) is 0 Å². The van der Waals surface area contributed by atoms with Gasteiger partial charge in [-0.1, -0.05) is 19.1 Å². The summed E-state index contributed by atoms with van der Waals surface area (Å²) in [6.07, 6.45) is 0. The Morgan fingerprint density at radius 2 is 1.90 bits per heavy atom. The van der Waals surface area contributed by atoms with Crippen LogP contribution < -0.4 is 15.8 Å². The van der Waals surface area contributed by atoms with Gasteiger partial charge in [0.2, 0.25) is 10.0 Å². The molecule has 0 aliphatic carbocycles. The molecule has 5 nitrogen and oxygen atoms in total. The third-order valence-electron chi connectivity index (χ3n) is 2.97. The Morgan fingerprint density at radius 3 is 2.57 bits per heavy atom. The molecule has 0 radical (unpaired) electrons. The lowest BCUT2D eigenvalue weighted by molar-refractivity contribution is 0.584. The van der Waals surface area contributed by atoms with Crippen molar-refractivity contribution in [3.05, 3.63) is 48.0 Å². The van der Waals surface area contributed by atoms with E-state index in [0.717, 1.165) is 11.3 Å². The monoisotopic (exact) mass is 305 g/mol. The predicted molar refractivity (Wildman–Crippen MR) is 86.2 cm³/mol. The second-order valence-corrected chi connectivity index (χ2v) is 6.51. The first-order chi connectivity index (χ1) is 9.92. The fourth-order valence-electron chi connectivity index (χ4n) is 1.96. The molecule has 0 aliphatic heterocycles. The van der Waals surface area contributed by atoms with Crippen LogP contribution in [0.25, 0.3) is 0 Å². The molecule has 112 valence electrons. The molecular weight excluding hydrogens is 286 g/mol. The second-order valence-electron chi connectivity index (χ2n) is 4.74. The highest BCUT2D eigenvalue weighted by Crippen LogP contribution is 2.26. The van der Waals surface area contributed by atoms with E-state index < -0.39 is 10.0 Å². The smallest absolute Gasteiger partial charge is 0.240 e. The van der Waals surface area contributed by atoms with E-state index in [1.165, 1.54) is 12.1 Å². The number of anilines is 3. The number of aryl methyl sites for hydroxylation is 1. The Bertz CT molecular complexity index is 742. The predicted octanol–water partition coefficient (Wildman–Crippen LogP) is 2.62. The lowest BCUT2D eigenvalue weighted by atomic mass is 10.2. The van der Waals surface area contributed by atoms with Gasteiger partial charge in [0.25, 0.3) is 0 Å². The lowest BCUT2D eigenvalue weighted by Gasteiger charge is -2.12. The Labute approximate surface area is 125 Å². The van der Waals surface area contributed by atoms with Gasteiger partial charge in [-0.3, -0.25) is 0 Å². The standard InChI is InChI=1S/C15H19N3O2S/c1-3-17-21(19,20)13-7-8-14(16)15(10-13)18-12-6-4-5-11(2)9-12/h4-10,17-18H,3,16H2,1-2H3. The highest BCUT2D eigenvalue weighted by molar-refractivity contribution is 7.89. The van der Waals surface area contributed by atoms with Gasteiger partial charge in [-0.05, 0) is 42.8 Å². The molecule has 0 bridgehead atoms. The van der Waals surface area contributed by atoms with Gasteiger partial charge in [-0.2, -0.15) is 0 Å². The van der Waals surface area contributed by atoms with E-state index in [4.69, 9.17) is 5.73 Å². The van der Waals surface area contributed by atoms with E-state index in [0.29, 0.717) is 17.9 Å². The summed E-state index contributed by atoms with van der Waals surface area (Å²) in [5.41, 5.74) is 8.94. The average molecular weight is 305 g/mol. The molecule has 4 N–H and O–H groups in total. The summed E-state index contributed by atoms with van der Waals surface area (Å²) in [7, 11) is -3.50. The summed E-state index contributed by atoms with van der Waals surface area (Å²) in [5.74, 6) is 0. The molecule has 2 aromatic carbocycles. The molecule has 0 amide bonds. The first-order valence-electron chi connectivity index (χ1n) is 6.65. The van der Waals surface area contributed by atoms with Crippen molar-refractivity contribution in [1.82, 2.24) is 4.72 Å². The zero-order valence-corrected chi connectivity index (χ0v) is 12.9. The van der Waals surface area contributed by atoms with Gasteiger partial charge in [-0.15, -0.1) is 0 Å². The molecule has 0 heterocycles. The summed E-state index contributed by atoms with van der Waals surface area (Å²) in [6, 6.07) is 12.4. The van der Waals surface area contributed by atoms with Crippen LogP contribution in [-0.4, -0.2) is 15.0 Å². The van der Waals surface area contributed by atoms with Crippen LogP contribution in [0.15, 0.2) is 47.4 Å². The quantitative estimate of drug-likeness (QED) is 0.741. The number of sulfonamides is 1. The molecule has 2 rings (SSSR count). The van der Waals surface area contributed by atoms with E-state index in [-0.39, 0.29) is 4.90 Å². The Morgan fingerprint density at radius 1 is 1.14 bits per heavy atom. The average Bonchev–Trinajstić information content (AvgIpc) is 2.41. The van der Waals surface area contributed by atoms with E-state index >= 15 is 0 Å². The first-order valence-corrected chi connectivity index (χ1v) is 8.13. The van der Waals surface area contributed by atoms with Crippen LogP contribution in [0.3, 0.4) is 0 Å². The molecule has 21 heavy (non-hydrogen) atoms. The minimum Gasteiger partial charge on any atom is -0.397 e. The number of nitrogens with one attached hydrogen (secondary N) is 2. The maximum atomic E-state index is 12.0.